The number of carbonyl (C=O) groups excluding carboxylic acids is 3. The molecule has 21 nitrogen and oxygen atoms in total. The number of nitrogen functional groups attached to an aromatic ring is 1. The molecule has 0 radical (unpaired) electrons. The van der Waals surface area contributed by atoms with Crippen LogP contribution in [0.1, 0.15) is 42.0 Å². The summed E-state index contributed by atoms with van der Waals surface area (Å²) in [7, 11) is -9.81. The summed E-state index contributed by atoms with van der Waals surface area (Å²) in [4.78, 5) is 70.5. The smallest absolute Gasteiger partial charge is 0.362 e. The van der Waals surface area contributed by atoms with Gasteiger partial charge in [-0.25, -0.2) is 27.2 Å². The maximum absolute atomic E-state index is 13.4. The molecule has 24 heteroatoms. The van der Waals surface area contributed by atoms with Crippen molar-refractivity contribution in [1.29, 1.82) is 0 Å². The third-order valence-electron chi connectivity index (χ3n) is 7.27. The highest BCUT2D eigenvalue weighted by atomic mass is 32.2. The van der Waals surface area contributed by atoms with Crippen LogP contribution in [-0.2, 0) is 46.1 Å². The van der Waals surface area contributed by atoms with Gasteiger partial charge in [-0.1, -0.05) is 11.2 Å². The lowest BCUT2D eigenvalue weighted by Gasteiger charge is -2.44. The Morgan fingerprint density at radius 2 is 1.84 bits per heavy atom. The van der Waals surface area contributed by atoms with E-state index in [0.29, 0.717) is 10.9 Å². The van der Waals surface area contributed by atoms with Gasteiger partial charge in [-0.2, -0.15) is 13.1 Å². The molecule has 2 aromatic heterocycles. The molecule has 1 fully saturated rings. The summed E-state index contributed by atoms with van der Waals surface area (Å²) in [6.45, 7) is 1.00. The van der Waals surface area contributed by atoms with Gasteiger partial charge < -0.3 is 31.3 Å². The molecule has 3 heterocycles. The molecule has 51 heavy (non-hydrogen) atoms. The zero-order chi connectivity index (χ0) is 38.1. The second kappa shape index (κ2) is 14.4. The number of hydrogen-bond acceptors (Lipinski definition) is 16. The highest BCUT2D eigenvalue weighted by Gasteiger charge is 2.54. The van der Waals surface area contributed by atoms with Gasteiger partial charge in [-0.15, -0.1) is 11.3 Å². The number of aromatic nitrogens is 2. The topological polar surface area (TPSA) is 327 Å². The summed E-state index contributed by atoms with van der Waals surface area (Å²) in [6.07, 6.45) is -0.105. The molecule has 1 aromatic carbocycles. The molecular formula is C27H29N7O14S3. The van der Waals surface area contributed by atoms with Crippen LogP contribution >= 0.6 is 11.3 Å². The first kappa shape index (κ1) is 38.4. The number of anilines is 1. The Balaban J connectivity index is 1.52. The SMILES string of the molecule is CC(C)(O/N=C(\C(=O)C[C@@H]1C(=O)N(S(=O)(=O)O)[C@@H]1CNS(=O)(=O)c1cccc(C(=O)NCc2cc(=O)c(O)cn2O)c1)c1csc(N)n1)C(=O)O. The fourth-order valence-electron chi connectivity index (χ4n) is 4.48. The molecule has 274 valence electrons. The highest BCUT2D eigenvalue weighted by molar-refractivity contribution is 7.89. The van der Waals surface area contributed by atoms with Crippen molar-refractivity contribution in [2.24, 2.45) is 11.1 Å². The molecule has 8 N–H and O–H groups in total. The maximum Gasteiger partial charge on any atom is 0.362 e. The average molecular weight is 772 g/mol. The monoisotopic (exact) mass is 771 g/mol. The zero-order valence-corrected chi connectivity index (χ0v) is 28.7. The van der Waals surface area contributed by atoms with Crippen molar-refractivity contribution in [3.8, 4) is 5.75 Å². The number of sulfonamides is 1. The van der Waals surface area contributed by atoms with Crippen LogP contribution in [0.5, 0.6) is 5.75 Å². The third-order valence-corrected chi connectivity index (χ3v) is 10.3. The first-order valence-corrected chi connectivity index (χ1v) is 17.9. The number of carbonyl (C=O) groups is 4. The van der Waals surface area contributed by atoms with Gasteiger partial charge in [-0.05, 0) is 32.0 Å². The van der Waals surface area contributed by atoms with Gasteiger partial charge in [0.05, 0.1) is 35.3 Å². The number of benzene rings is 1. The third kappa shape index (κ3) is 8.66. The van der Waals surface area contributed by atoms with E-state index < -0.39 is 103 Å². The number of nitrogens with one attached hydrogen (secondary N) is 2. The maximum atomic E-state index is 13.4. The molecule has 0 spiro atoms. The predicted octanol–water partition coefficient (Wildman–Crippen LogP) is -1.09. The molecule has 3 aromatic rings. The molecule has 1 aliphatic heterocycles. The number of thiazole rings is 1. The van der Waals surface area contributed by atoms with Gasteiger partial charge in [0.1, 0.15) is 5.69 Å². The van der Waals surface area contributed by atoms with Crippen LogP contribution in [0.15, 0.2) is 56.8 Å². The number of carboxylic acid groups (broad SMARTS) is 1. The number of oxime groups is 1. The van der Waals surface area contributed by atoms with Gasteiger partial charge >= 0.3 is 16.3 Å². The molecule has 2 atom stereocenters. The first-order valence-electron chi connectivity index (χ1n) is 14.2. The minimum atomic E-state index is -5.24. The minimum Gasteiger partial charge on any atom is -0.503 e. The van der Waals surface area contributed by atoms with E-state index in [1.165, 1.54) is 17.5 Å². The van der Waals surface area contributed by atoms with Crippen LogP contribution < -0.4 is 21.2 Å². The number of Topliss-reactive ketones (excluding diaryl/α,β-unsaturated/α-hetero) is 1. The number of rotatable bonds is 15. The zero-order valence-electron chi connectivity index (χ0n) is 26.3. The Labute approximate surface area is 291 Å². The van der Waals surface area contributed by atoms with Crippen molar-refractivity contribution < 1.29 is 60.8 Å². The highest BCUT2D eigenvalue weighted by Crippen LogP contribution is 2.33. The Bertz CT molecular complexity index is 2210. The Hall–Kier alpha value is -5.43. The van der Waals surface area contributed by atoms with Gasteiger partial charge in [0.15, 0.2) is 22.4 Å². The summed E-state index contributed by atoms with van der Waals surface area (Å²) in [6, 6.07) is 3.68. The average Bonchev–Trinajstić information content (AvgIpc) is 3.47. The number of carboxylic acids is 1. The van der Waals surface area contributed by atoms with E-state index >= 15 is 0 Å². The number of hydrogen-bond donors (Lipinski definition) is 7. The van der Waals surface area contributed by atoms with Gasteiger partial charge in [0.25, 0.3) is 5.91 Å². The van der Waals surface area contributed by atoms with Crippen molar-refractivity contribution in [3.05, 3.63) is 69.1 Å². The number of ketones is 1. The Morgan fingerprint density at radius 1 is 1.16 bits per heavy atom. The standard InChI is InChI=1S/C27H29N7O14S3/c1-27(2,25(40)41)48-32-22(17-12-49-26(28)31-17)20(36)8-16-18(34(24(16)39)51(45,46)47)10-30-50(43,44)15-5-3-4-13(6-15)23(38)29-9-14-7-19(35)21(37)11-33(14)42/h3-7,11-12,16,18,30,37,42H,8-10H2,1-2H3,(H2,28,31)(H,29,38)(H,40,41)(H,45,46,47)/b32-22-/t16-,18+/m0/s1. The number of aromatic hydroxyl groups is 1. The fourth-order valence-corrected chi connectivity index (χ4v) is 7.05. The largest absolute Gasteiger partial charge is 0.503 e. The summed E-state index contributed by atoms with van der Waals surface area (Å²) in [5.74, 6) is -6.83. The van der Waals surface area contributed by atoms with Gasteiger partial charge in [0.2, 0.25) is 27.0 Å². The number of β-lactam (4-membered cyclic amide) rings is 1. The van der Waals surface area contributed by atoms with Crippen LogP contribution in [0, 0.1) is 5.92 Å². The predicted molar refractivity (Wildman–Crippen MR) is 174 cm³/mol. The molecule has 0 unspecified atom stereocenters. The number of nitrogens with zero attached hydrogens (tertiary/aromatic N) is 4. The quantitative estimate of drug-likeness (QED) is 0.0317. The molecule has 2 amide bonds. The van der Waals surface area contributed by atoms with Crippen molar-refractivity contribution >= 4 is 66.1 Å². The van der Waals surface area contributed by atoms with Crippen LogP contribution in [0.2, 0.25) is 0 Å². The summed E-state index contributed by atoms with van der Waals surface area (Å²) >= 11 is 0.890. The van der Waals surface area contributed by atoms with E-state index in [4.69, 9.17) is 10.6 Å². The van der Waals surface area contributed by atoms with Crippen LogP contribution in [0.25, 0.3) is 0 Å². The van der Waals surface area contributed by atoms with E-state index in [-0.39, 0.29) is 26.4 Å². The minimum absolute atomic E-state index is 0.0115. The Kier molecular flexibility index (Phi) is 10.9. The lowest BCUT2D eigenvalue weighted by molar-refractivity contribution is -0.161. The van der Waals surface area contributed by atoms with E-state index in [0.717, 1.165) is 43.4 Å². The number of amides is 2. The lowest BCUT2D eigenvalue weighted by atomic mass is 9.85. The van der Waals surface area contributed by atoms with Crippen molar-refractivity contribution in [3.63, 3.8) is 0 Å². The van der Waals surface area contributed by atoms with Crippen LogP contribution in [0.4, 0.5) is 5.13 Å². The molecule has 0 aliphatic carbocycles. The molecule has 0 bridgehead atoms. The molecule has 1 aliphatic rings. The first-order chi connectivity index (χ1) is 23.6. The fraction of sp³-hybridized carbons (Fsp3) is 0.296. The van der Waals surface area contributed by atoms with Gasteiger partial charge in [0, 0.05) is 30.0 Å². The van der Waals surface area contributed by atoms with E-state index in [1.54, 1.807) is 0 Å². The molecule has 4 rings (SSSR count). The van der Waals surface area contributed by atoms with Crippen LogP contribution in [0.3, 0.4) is 0 Å². The summed E-state index contributed by atoms with van der Waals surface area (Å²) in [5.41, 5.74) is 1.84. The number of aliphatic carboxylic acids is 1. The molecular weight excluding hydrogens is 743 g/mol. The number of pyridine rings is 1. The van der Waals surface area contributed by atoms with Gasteiger partial charge in [-0.3, -0.25) is 23.7 Å². The van der Waals surface area contributed by atoms with Crippen molar-refractivity contribution in [2.75, 3.05) is 12.3 Å². The molecule has 1 saturated heterocycles. The van der Waals surface area contributed by atoms with E-state index in [1.807, 2.05) is 0 Å². The Morgan fingerprint density at radius 3 is 2.45 bits per heavy atom. The second-order valence-electron chi connectivity index (χ2n) is 11.3. The van der Waals surface area contributed by atoms with Crippen molar-refractivity contribution in [2.45, 2.75) is 43.4 Å². The summed E-state index contributed by atoms with van der Waals surface area (Å²) < 4.78 is 62.6. The normalized spacial score (nSPS) is 16.7. The number of nitrogens with two attached hydrogens (primary N) is 1. The van der Waals surface area contributed by atoms with Crippen LogP contribution in [-0.4, -0.2) is 98.3 Å². The lowest BCUT2D eigenvalue weighted by Crippen LogP contribution is -2.66. The van der Waals surface area contributed by atoms with Crippen molar-refractivity contribution in [1.82, 2.24) is 24.1 Å². The summed E-state index contributed by atoms with van der Waals surface area (Å²) in [5, 5.41) is 35.8. The second-order valence-corrected chi connectivity index (χ2v) is 15.2. The van der Waals surface area contributed by atoms with E-state index in [9.17, 15) is 60.8 Å². The van der Waals surface area contributed by atoms with E-state index in [2.05, 4.69) is 20.2 Å². The molecule has 0 saturated carbocycles.